The van der Waals surface area contributed by atoms with Gasteiger partial charge in [-0.2, -0.15) is 5.10 Å². The predicted molar refractivity (Wildman–Crippen MR) is 83.9 cm³/mol. The van der Waals surface area contributed by atoms with Gasteiger partial charge in [0, 0.05) is 23.7 Å². The van der Waals surface area contributed by atoms with Crippen LogP contribution in [0.2, 0.25) is 0 Å². The molecule has 0 spiro atoms. The zero-order valence-electron chi connectivity index (χ0n) is 12.1. The highest BCUT2D eigenvalue weighted by Crippen LogP contribution is 2.28. The van der Waals surface area contributed by atoms with Crippen LogP contribution >= 0.6 is 11.3 Å². The maximum absolute atomic E-state index is 4.74. The van der Waals surface area contributed by atoms with Crippen molar-refractivity contribution in [2.24, 2.45) is 0 Å². The molecule has 1 saturated carbocycles. The van der Waals surface area contributed by atoms with Crippen molar-refractivity contribution < 1.29 is 0 Å². The van der Waals surface area contributed by atoms with Crippen LogP contribution in [0.4, 0.5) is 0 Å². The van der Waals surface area contributed by atoms with Gasteiger partial charge in [0.25, 0.3) is 0 Å². The van der Waals surface area contributed by atoms with Gasteiger partial charge < -0.3 is 5.32 Å². The topological polar surface area (TPSA) is 29.9 Å². The van der Waals surface area contributed by atoms with Crippen LogP contribution in [-0.2, 0) is 6.54 Å². The molecule has 0 aromatic carbocycles. The Morgan fingerprint density at radius 1 is 1.40 bits per heavy atom. The summed E-state index contributed by atoms with van der Waals surface area (Å²) in [6.07, 6.45) is 8.56. The van der Waals surface area contributed by atoms with Crippen LogP contribution in [0.25, 0.3) is 0 Å². The number of hydrogen-bond acceptors (Lipinski definition) is 3. The molecule has 3 rings (SSSR count). The zero-order chi connectivity index (χ0) is 13.8. The molecule has 0 amide bonds. The van der Waals surface area contributed by atoms with Crippen molar-refractivity contribution in [3.05, 3.63) is 40.3 Å². The van der Waals surface area contributed by atoms with Gasteiger partial charge in [-0.3, -0.25) is 4.68 Å². The molecule has 2 aromatic rings. The van der Waals surface area contributed by atoms with Crippen LogP contribution in [0.1, 0.15) is 61.7 Å². The summed E-state index contributed by atoms with van der Waals surface area (Å²) in [5.41, 5.74) is 1.16. The van der Waals surface area contributed by atoms with Gasteiger partial charge in [0.05, 0.1) is 11.7 Å². The minimum atomic E-state index is 0.451. The zero-order valence-corrected chi connectivity index (χ0v) is 12.9. The second kappa shape index (κ2) is 6.55. The van der Waals surface area contributed by atoms with E-state index in [2.05, 4.69) is 46.7 Å². The highest BCUT2D eigenvalue weighted by atomic mass is 32.1. The number of rotatable bonds is 6. The van der Waals surface area contributed by atoms with E-state index in [0.717, 1.165) is 18.7 Å². The van der Waals surface area contributed by atoms with E-state index in [-0.39, 0.29) is 0 Å². The Hall–Kier alpha value is -1.13. The first kappa shape index (κ1) is 13.8. The molecule has 108 valence electrons. The van der Waals surface area contributed by atoms with Crippen LogP contribution in [0.3, 0.4) is 0 Å². The van der Waals surface area contributed by atoms with Crippen molar-refractivity contribution in [2.45, 2.75) is 57.7 Å². The normalized spacial score (nSPS) is 17.6. The van der Waals surface area contributed by atoms with Gasteiger partial charge >= 0.3 is 0 Å². The summed E-state index contributed by atoms with van der Waals surface area (Å²) in [5.74, 6) is 0. The Kier molecular flexibility index (Phi) is 4.53. The number of thiophene rings is 1. The van der Waals surface area contributed by atoms with Crippen molar-refractivity contribution in [1.82, 2.24) is 15.1 Å². The van der Waals surface area contributed by atoms with E-state index in [1.165, 1.54) is 30.6 Å². The molecule has 2 heterocycles. The Morgan fingerprint density at radius 2 is 2.25 bits per heavy atom. The van der Waals surface area contributed by atoms with Crippen molar-refractivity contribution >= 4 is 11.3 Å². The SMILES string of the molecule is CCC(NCc1ccn(C2CCCC2)n1)c1cccs1. The molecule has 3 nitrogen and oxygen atoms in total. The fraction of sp³-hybridized carbons (Fsp3) is 0.562. The van der Waals surface area contributed by atoms with Crippen LogP contribution in [0, 0.1) is 0 Å². The van der Waals surface area contributed by atoms with Crippen LogP contribution in [0.5, 0.6) is 0 Å². The van der Waals surface area contributed by atoms with Gasteiger partial charge in [0.15, 0.2) is 0 Å². The first-order valence-corrected chi connectivity index (χ1v) is 8.55. The van der Waals surface area contributed by atoms with Crippen LogP contribution in [0.15, 0.2) is 29.8 Å². The fourth-order valence-electron chi connectivity index (χ4n) is 3.01. The van der Waals surface area contributed by atoms with Crippen LogP contribution in [-0.4, -0.2) is 9.78 Å². The third-order valence-electron chi connectivity index (χ3n) is 4.19. The molecule has 1 aliphatic carbocycles. The highest BCUT2D eigenvalue weighted by Gasteiger charge is 2.17. The minimum Gasteiger partial charge on any atom is -0.303 e. The standard InChI is InChI=1S/C16H23N3S/c1-2-15(16-8-5-11-20-16)17-12-13-9-10-19(18-13)14-6-3-4-7-14/h5,8-11,14-15,17H,2-4,6-7,12H2,1H3. The Bertz CT molecular complexity index is 512. The van der Waals surface area contributed by atoms with Gasteiger partial charge in [-0.15, -0.1) is 11.3 Å². The number of nitrogens with one attached hydrogen (secondary N) is 1. The van der Waals surface area contributed by atoms with E-state index >= 15 is 0 Å². The maximum atomic E-state index is 4.74. The summed E-state index contributed by atoms with van der Waals surface area (Å²) in [5, 5.41) is 10.5. The fourth-order valence-corrected chi connectivity index (χ4v) is 3.89. The summed E-state index contributed by atoms with van der Waals surface area (Å²) in [6, 6.07) is 7.59. The Labute approximate surface area is 125 Å². The molecule has 4 heteroatoms. The van der Waals surface area contributed by atoms with Gasteiger partial charge in [-0.1, -0.05) is 25.8 Å². The molecular formula is C16H23N3S. The van der Waals surface area contributed by atoms with Crippen molar-refractivity contribution in [2.75, 3.05) is 0 Å². The molecule has 0 radical (unpaired) electrons. The largest absolute Gasteiger partial charge is 0.303 e. The van der Waals surface area contributed by atoms with Crippen LogP contribution < -0.4 is 5.32 Å². The summed E-state index contributed by atoms with van der Waals surface area (Å²) in [4.78, 5) is 1.42. The Morgan fingerprint density at radius 3 is 2.95 bits per heavy atom. The molecule has 1 aliphatic rings. The van der Waals surface area contributed by atoms with E-state index in [1.54, 1.807) is 0 Å². The van der Waals surface area contributed by atoms with E-state index in [4.69, 9.17) is 5.10 Å². The van der Waals surface area contributed by atoms with E-state index in [0.29, 0.717) is 12.1 Å². The number of nitrogens with zero attached hydrogens (tertiary/aromatic N) is 2. The number of hydrogen-bond donors (Lipinski definition) is 1. The van der Waals surface area contributed by atoms with Crippen molar-refractivity contribution in [1.29, 1.82) is 0 Å². The van der Waals surface area contributed by atoms with E-state index in [9.17, 15) is 0 Å². The summed E-state index contributed by atoms with van der Waals surface area (Å²) in [6.45, 7) is 3.09. The van der Waals surface area contributed by atoms with Crippen molar-refractivity contribution in [3.63, 3.8) is 0 Å². The molecule has 20 heavy (non-hydrogen) atoms. The average Bonchev–Trinajstić information content (AvgIpc) is 3.22. The maximum Gasteiger partial charge on any atom is 0.0762 e. The summed E-state index contributed by atoms with van der Waals surface area (Å²) in [7, 11) is 0. The van der Waals surface area contributed by atoms with Crippen molar-refractivity contribution in [3.8, 4) is 0 Å². The quantitative estimate of drug-likeness (QED) is 0.859. The third-order valence-corrected chi connectivity index (χ3v) is 5.17. The first-order valence-electron chi connectivity index (χ1n) is 7.67. The molecular weight excluding hydrogens is 266 g/mol. The highest BCUT2D eigenvalue weighted by molar-refractivity contribution is 7.10. The monoisotopic (exact) mass is 289 g/mol. The number of aromatic nitrogens is 2. The molecule has 1 atom stereocenters. The Balaban J connectivity index is 1.57. The second-order valence-corrected chi connectivity index (χ2v) is 6.56. The molecule has 1 unspecified atom stereocenters. The predicted octanol–water partition coefficient (Wildman–Crippen LogP) is 4.30. The van der Waals surface area contributed by atoms with Gasteiger partial charge in [0.2, 0.25) is 0 Å². The average molecular weight is 289 g/mol. The second-order valence-electron chi connectivity index (χ2n) is 5.58. The lowest BCUT2D eigenvalue weighted by atomic mass is 10.2. The molecule has 1 fully saturated rings. The lowest BCUT2D eigenvalue weighted by Gasteiger charge is -2.14. The van der Waals surface area contributed by atoms with E-state index < -0.39 is 0 Å². The first-order chi connectivity index (χ1) is 9.86. The lowest BCUT2D eigenvalue weighted by Crippen LogP contribution is -2.20. The molecule has 0 saturated heterocycles. The molecule has 0 bridgehead atoms. The molecule has 2 aromatic heterocycles. The molecule has 1 N–H and O–H groups in total. The van der Waals surface area contributed by atoms with Gasteiger partial charge in [-0.25, -0.2) is 0 Å². The van der Waals surface area contributed by atoms with Gasteiger partial charge in [-0.05, 0) is 36.8 Å². The minimum absolute atomic E-state index is 0.451. The smallest absolute Gasteiger partial charge is 0.0762 e. The van der Waals surface area contributed by atoms with Gasteiger partial charge in [0.1, 0.15) is 0 Å². The summed E-state index contributed by atoms with van der Waals surface area (Å²) < 4.78 is 2.18. The lowest BCUT2D eigenvalue weighted by molar-refractivity contribution is 0.455. The molecule has 0 aliphatic heterocycles. The third kappa shape index (κ3) is 3.13. The summed E-state index contributed by atoms with van der Waals surface area (Å²) >= 11 is 1.83. The van der Waals surface area contributed by atoms with E-state index in [1.807, 2.05) is 11.3 Å².